The highest BCUT2D eigenvalue weighted by Crippen LogP contribution is 2.43. The van der Waals surface area contributed by atoms with Crippen LogP contribution in [0, 0.1) is 0 Å². The molecule has 3 aliphatic rings. The van der Waals surface area contributed by atoms with E-state index in [1.807, 2.05) is 0 Å². The Kier molecular flexibility index (Phi) is 6.14. The van der Waals surface area contributed by atoms with E-state index in [0.29, 0.717) is 0 Å². The molecule has 160 valence electrons. The van der Waals surface area contributed by atoms with Gasteiger partial charge in [0.2, 0.25) is 0 Å². The van der Waals surface area contributed by atoms with Crippen LogP contribution in [0.25, 0.3) is 5.70 Å². The number of piperidine rings is 1. The predicted molar refractivity (Wildman–Crippen MR) is 130 cm³/mol. The Bertz CT molecular complexity index is 991. The van der Waals surface area contributed by atoms with Gasteiger partial charge in [0.05, 0.1) is 11.7 Å². The number of benzene rings is 2. The summed E-state index contributed by atoms with van der Waals surface area (Å²) in [4.78, 5) is 9.64. The number of hydrogen-bond donors (Lipinski definition) is 0. The lowest BCUT2D eigenvalue weighted by molar-refractivity contribution is 0.183. The minimum atomic E-state index is 0.162. The van der Waals surface area contributed by atoms with Crippen LogP contribution >= 0.6 is 11.8 Å². The SMILES string of the molecule is CC1=CC(c2ccccc2)N2C(c3ccc(OCCN4CCCCC4)cc3)=CSC2=N1. The van der Waals surface area contributed by atoms with E-state index in [0.717, 1.165) is 29.8 Å². The van der Waals surface area contributed by atoms with E-state index in [1.165, 1.54) is 49.2 Å². The zero-order chi connectivity index (χ0) is 21.0. The maximum absolute atomic E-state index is 6.02. The summed E-state index contributed by atoms with van der Waals surface area (Å²) in [6, 6.07) is 19.3. The Labute approximate surface area is 189 Å². The van der Waals surface area contributed by atoms with Crippen molar-refractivity contribution in [3.63, 3.8) is 0 Å². The number of ether oxygens (including phenoxy) is 1. The van der Waals surface area contributed by atoms with Crippen LogP contribution in [0.3, 0.4) is 0 Å². The van der Waals surface area contributed by atoms with E-state index >= 15 is 0 Å². The van der Waals surface area contributed by atoms with E-state index in [1.54, 1.807) is 11.8 Å². The monoisotopic (exact) mass is 431 g/mol. The normalized spacial score (nSPS) is 21.3. The fraction of sp³-hybridized carbons (Fsp3) is 0.346. The highest BCUT2D eigenvalue weighted by molar-refractivity contribution is 8.16. The van der Waals surface area contributed by atoms with Crippen molar-refractivity contribution in [3.8, 4) is 5.75 Å². The van der Waals surface area contributed by atoms with Crippen molar-refractivity contribution in [1.29, 1.82) is 0 Å². The highest BCUT2D eigenvalue weighted by Gasteiger charge is 2.33. The smallest absolute Gasteiger partial charge is 0.173 e. The van der Waals surface area contributed by atoms with Gasteiger partial charge in [-0.15, -0.1) is 0 Å². The molecule has 3 heterocycles. The Morgan fingerprint density at radius 2 is 1.77 bits per heavy atom. The minimum absolute atomic E-state index is 0.162. The van der Waals surface area contributed by atoms with Crippen molar-refractivity contribution in [2.75, 3.05) is 26.2 Å². The van der Waals surface area contributed by atoms with Crippen LogP contribution in [0.4, 0.5) is 0 Å². The number of aliphatic imine (C=N–C) groups is 1. The highest BCUT2D eigenvalue weighted by atomic mass is 32.2. The first-order valence-electron chi connectivity index (χ1n) is 11.2. The molecule has 2 aromatic carbocycles. The van der Waals surface area contributed by atoms with Gasteiger partial charge in [0.15, 0.2) is 5.17 Å². The molecule has 3 aliphatic heterocycles. The predicted octanol–water partition coefficient (Wildman–Crippen LogP) is 5.91. The number of rotatable bonds is 6. The molecule has 0 radical (unpaired) electrons. The van der Waals surface area contributed by atoms with Crippen LogP contribution in [0.15, 0.2) is 76.8 Å². The molecule has 0 aromatic heterocycles. The molecule has 31 heavy (non-hydrogen) atoms. The number of likely N-dealkylation sites (tertiary alicyclic amines) is 1. The lowest BCUT2D eigenvalue weighted by Gasteiger charge is -2.33. The van der Waals surface area contributed by atoms with Crippen LogP contribution in [-0.2, 0) is 0 Å². The molecule has 0 bridgehead atoms. The third-order valence-electron chi connectivity index (χ3n) is 6.11. The molecule has 1 atom stereocenters. The zero-order valence-electron chi connectivity index (χ0n) is 18.0. The molecule has 5 rings (SSSR count). The Morgan fingerprint density at radius 3 is 2.55 bits per heavy atom. The number of nitrogens with zero attached hydrogens (tertiary/aromatic N) is 3. The largest absolute Gasteiger partial charge is 0.492 e. The maximum Gasteiger partial charge on any atom is 0.173 e. The van der Waals surface area contributed by atoms with Crippen LogP contribution < -0.4 is 4.74 Å². The molecule has 1 unspecified atom stereocenters. The Hall–Kier alpha value is -2.50. The number of amidine groups is 1. The molecular weight excluding hydrogens is 402 g/mol. The first-order valence-corrected chi connectivity index (χ1v) is 12.1. The molecule has 0 aliphatic carbocycles. The number of fused-ring (bicyclic) bond motifs is 1. The molecule has 2 aromatic rings. The summed E-state index contributed by atoms with van der Waals surface area (Å²) in [5.41, 5.74) is 4.73. The minimum Gasteiger partial charge on any atom is -0.492 e. The van der Waals surface area contributed by atoms with Gasteiger partial charge in [-0.25, -0.2) is 4.99 Å². The van der Waals surface area contributed by atoms with Crippen LogP contribution in [0.2, 0.25) is 0 Å². The fourth-order valence-electron chi connectivity index (χ4n) is 4.47. The quantitative estimate of drug-likeness (QED) is 0.568. The molecule has 1 saturated heterocycles. The van der Waals surface area contributed by atoms with Gasteiger partial charge in [-0.3, -0.25) is 4.90 Å². The topological polar surface area (TPSA) is 28.1 Å². The van der Waals surface area contributed by atoms with Crippen molar-refractivity contribution in [2.45, 2.75) is 32.2 Å². The van der Waals surface area contributed by atoms with Crippen molar-refractivity contribution in [1.82, 2.24) is 9.80 Å². The van der Waals surface area contributed by atoms with Gasteiger partial charge in [-0.2, -0.15) is 0 Å². The second-order valence-electron chi connectivity index (χ2n) is 8.32. The summed E-state index contributed by atoms with van der Waals surface area (Å²) in [7, 11) is 0. The van der Waals surface area contributed by atoms with Gasteiger partial charge < -0.3 is 9.64 Å². The average molecular weight is 432 g/mol. The first kappa shape index (κ1) is 20.4. The summed E-state index contributed by atoms with van der Waals surface area (Å²) < 4.78 is 6.02. The summed E-state index contributed by atoms with van der Waals surface area (Å²) in [5.74, 6) is 0.940. The number of allylic oxidation sites excluding steroid dienone is 1. The Morgan fingerprint density at radius 1 is 1.00 bits per heavy atom. The van der Waals surface area contributed by atoms with Crippen molar-refractivity contribution >= 4 is 22.6 Å². The second kappa shape index (κ2) is 9.33. The molecule has 5 heteroatoms. The third-order valence-corrected chi connectivity index (χ3v) is 6.95. The maximum atomic E-state index is 6.02. The summed E-state index contributed by atoms with van der Waals surface area (Å²) >= 11 is 1.70. The van der Waals surface area contributed by atoms with Crippen molar-refractivity contribution in [2.24, 2.45) is 4.99 Å². The molecule has 0 spiro atoms. The van der Waals surface area contributed by atoms with Crippen LogP contribution in [0.5, 0.6) is 5.75 Å². The lowest BCUT2D eigenvalue weighted by Crippen LogP contribution is -2.33. The van der Waals surface area contributed by atoms with Gasteiger partial charge in [0.25, 0.3) is 0 Å². The number of hydrogen-bond acceptors (Lipinski definition) is 5. The van der Waals surface area contributed by atoms with Gasteiger partial charge in [0.1, 0.15) is 12.4 Å². The summed E-state index contributed by atoms with van der Waals surface area (Å²) in [5, 5.41) is 3.26. The zero-order valence-corrected chi connectivity index (χ0v) is 18.9. The molecule has 1 fully saturated rings. The molecular formula is C26H29N3OS. The van der Waals surface area contributed by atoms with Gasteiger partial charge in [-0.1, -0.05) is 48.5 Å². The van der Waals surface area contributed by atoms with E-state index < -0.39 is 0 Å². The molecule has 0 N–H and O–H groups in total. The average Bonchev–Trinajstić information content (AvgIpc) is 3.24. The summed E-state index contributed by atoms with van der Waals surface area (Å²) in [6.07, 6.45) is 6.26. The number of thioether (sulfide) groups is 1. The van der Waals surface area contributed by atoms with Crippen LogP contribution in [0.1, 0.15) is 43.4 Å². The molecule has 4 nitrogen and oxygen atoms in total. The molecule has 0 saturated carbocycles. The fourth-order valence-corrected chi connectivity index (χ4v) is 5.45. The van der Waals surface area contributed by atoms with E-state index in [4.69, 9.17) is 9.73 Å². The standard InChI is InChI=1S/C26H29N3OS/c1-20-18-24(21-8-4-2-5-9-21)29-25(19-31-26(29)27-20)22-10-12-23(13-11-22)30-17-16-28-14-6-3-7-15-28/h2,4-5,8-13,18-19,24H,3,6-7,14-17H2,1H3. The van der Waals surface area contributed by atoms with Crippen molar-refractivity contribution < 1.29 is 4.74 Å². The summed E-state index contributed by atoms with van der Waals surface area (Å²) in [6.45, 7) is 6.27. The molecule has 0 amide bonds. The van der Waals surface area contributed by atoms with E-state index in [2.05, 4.69) is 82.8 Å². The van der Waals surface area contributed by atoms with Crippen LogP contribution in [-0.4, -0.2) is 41.2 Å². The van der Waals surface area contributed by atoms with E-state index in [9.17, 15) is 0 Å². The van der Waals surface area contributed by atoms with Gasteiger partial charge in [-0.05, 0) is 74.3 Å². The lowest BCUT2D eigenvalue weighted by atomic mass is 10.0. The first-order chi connectivity index (χ1) is 15.3. The van der Waals surface area contributed by atoms with Gasteiger partial charge >= 0.3 is 0 Å². The second-order valence-corrected chi connectivity index (χ2v) is 9.16. The van der Waals surface area contributed by atoms with Crippen molar-refractivity contribution in [3.05, 3.63) is 82.9 Å². The van der Waals surface area contributed by atoms with E-state index in [-0.39, 0.29) is 6.04 Å². The van der Waals surface area contributed by atoms with Gasteiger partial charge in [0, 0.05) is 17.6 Å². The third kappa shape index (κ3) is 4.58. The Balaban J connectivity index is 1.28.